The molecule has 0 aliphatic carbocycles. The molecule has 2 aromatic carbocycles. The lowest BCUT2D eigenvalue weighted by atomic mass is 10.0. The van der Waals surface area contributed by atoms with Crippen molar-refractivity contribution in [1.82, 2.24) is 5.43 Å². The Hall–Kier alpha value is -1.91. The highest BCUT2D eigenvalue weighted by atomic mass is 16.2. The molecular formula is C13H15N3O. The molecule has 1 atom stereocenters. The van der Waals surface area contributed by atoms with Gasteiger partial charge in [-0.05, 0) is 22.8 Å². The molecule has 2 rings (SSSR count). The zero-order valence-corrected chi connectivity index (χ0v) is 9.39. The minimum Gasteiger partial charge on any atom is -0.320 e. The second-order valence-electron chi connectivity index (χ2n) is 4.00. The van der Waals surface area contributed by atoms with Gasteiger partial charge in [0.25, 0.3) is 5.91 Å². The van der Waals surface area contributed by atoms with Crippen molar-refractivity contribution in [2.24, 2.45) is 11.6 Å². The van der Waals surface area contributed by atoms with Crippen LogP contribution >= 0.6 is 0 Å². The Morgan fingerprint density at radius 1 is 1.18 bits per heavy atom. The predicted molar refractivity (Wildman–Crippen MR) is 68.0 cm³/mol. The largest absolute Gasteiger partial charge is 0.320 e. The molecule has 1 amide bonds. The molecule has 0 aliphatic heterocycles. The minimum atomic E-state index is -0.610. The molecule has 0 radical (unpaired) electrons. The van der Waals surface area contributed by atoms with Crippen molar-refractivity contribution in [1.29, 1.82) is 0 Å². The van der Waals surface area contributed by atoms with E-state index in [-0.39, 0.29) is 5.91 Å². The van der Waals surface area contributed by atoms with Gasteiger partial charge in [0.2, 0.25) is 0 Å². The topological polar surface area (TPSA) is 81.1 Å². The molecule has 0 spiro atoms. The quantitative estimate of drug-likeness (QED) is 0.411. The Morgan fingerprint density at radius 3 is 2.59 bits per heavy atom. The van der Waals surface area contributed by atoms with Crippen molar-refractivity contribution in [2.75, 3.05) is 0 Å². The summed E-state index contributed by atoms with van der Waals surface area (Å²) in [6.07, 6.45) is 0.480. The van der Waals surface area contributed by atoms with E-state index in [2.05, 4.69) is 5.43 Å². The molecule has 4 heteroatoms. The third-order valence-corrected chi connectivity index (χ3v) is 2.75. The number of fused-ring (bicyclic) bond motifs is 1. The van der Waals surface area contributed by atoms with Gasteiger partial charge in [-0.2, -0.15) is 0 Å². The molecule has 0 heterocycles. The van der Waals surface area contributed by atoms with E-state index in [4.69, 9.17) is 11.6 Å². The van der Waals surface area contributed by atoms with E-state index in [0.29, 0.717) is 6.42 Å². The summed E-state index contributed by atoms with van der Waals surface area (Å²) in [5.41, 5.74) is 8.80. The first kappa shape index (κ1) is 11.6. The molecule has 0 aliphatic rings. The summed E-state index contributed by atoms with van der Waals surface area (Å²) in [5, 5.41) is 2.32. The molecule has 2 aromatic rings. The minimum absolute atomic E-state index is 0.349. The van der Waals surface area contributed by atoms with Gasteiger partial charge in [-0.1, -0.05) is 42.5 Å². The lowest BCUT2D eigenvalue weighted by Crippen LogP contribution is -2.45. The van der Waals surface area contributed by atoms with Crippen LogP contribution in [0.5, 0.6) is 0 Å². The molecular weight excluding hydrogens is 214 g/mol. The maximum absolute atomic E-state index is 11.2. The summed E-state index contributed by atoms with van der Waals surface area (Å²) in [4.78, 5) is 11.2. The number of nitrogens with one attached hydrogen (secondary N) is 1. The second kappa shape index (κ2) is 4.95. The number of amides is 1. The Balaban J connectivity index is 2.22. The van der Waals surface area contributed by atoms with E-state index < -0.39 is 6.04 Å². The molecule has 5 N–H and O–H groups in total. The normalized spacial score (nSPS) is 12.4. The van der Waals surface area contributed by atoms with Crippen LogP contribution in [0.15, 0.2) is 42.5 Å². The van der Waals surface area contributed by atoms with E-state index in [1.54, 1.807) is 0 Å². The van der Waals surface area contributed by atoms with Crippen LogP contribution in [0.3, 0.4) is 0 Å². The van der Waals surface area contributed by atoms with Gasteiger partial charge < -0.3 is 5.73 Å². The van der Waals surface area contributed by atoms with Crippen LogP contribution in [0.2, 0.25) is 0 Å². The molecule has 0 fully saturated rings. The predicted octanol–water partition coefficient (Wildman–Crippen LogP) is 0.700. The molecule has 0 bridgehead atoms. The van der Waals surface area contributed by atoms with E-state index in [1.807, 2.05) is 42.5 Å². The lowest BCUT2D eigenvalue weighted by Gasteiger charge is -2.10. The zero-order valence-electron chi connectivity index (χ0n) is 9.39. The number of hydrazine groups is 1. The molecule has 0 aromatic heterocycles. The number of benzene rings is 2. The highest BCUT2D eigenvalue weighted by Gasteiger charge is 2.12. The Labute approximate surface area is 99.6 Å². The van der Waals surface area contributed by atoms with E-state index in [1.165, 1.54) is 5.39 Å². The Bertz CT molecular complexity index is 539. The van der Waals surface area contributed by atoms with Gasteiger partial charge in [0.15, 0.2) is 0 Å². The summed E-state index contributed by atoms with van der Waals surface area (Å²) in [7, 11) is 0. The van der Waals surface area contributed by atoms with Crippen LogP contribution in [-0.2, 0) is 11.2 Å². The van der Waals surface area contributed by atoms with Crippen molar-refractivity contribution >= 4 is 16.7 Å². The van der Waals surface area contributed by atoms with Gasteiger partial charge in [0.1, 0.15) is 0 Å². The fourth-order valence-electron chi connectivity index (χ4n) is 1.82. The van der Waals surface area contributed by atoms with Crippen LogP contribution in [0.25, 0.3) is 10.8 Å². The van der Waals surface area contributed by atoms with Crippen LogP contribution in [0.1, 0.15) is 5.56 Å². The van der Waals surface area contributed by atoms with Gasteiger partial charge >= 0.3 is 0 Å². The standard InChI is InChI=1S/C13H15N3O/c14-12(13(17)16-15)8-9-5-6-10-3-1-2-4-11(10)7-9/h1-7,12H,8,14-15H2,(H,16,17)/t12-/m0/s1. The lowest BCUT2D eigenvalue weighted by molar-refractivity contribution is -0.122. The van der Waals surface area contributed by atoms with Crippen molar-refractivity contribution in [3.8, 4) is 0 Å². The highest BCUT2D eigenvalue weighted by Crippen LogP contribution is 2.16. The van der Waals surface area contributed by atoms with Gasteiger partial charge in [0.05, 0.1) is 6.04 Å². The first-order valence-corrected chi connectivity index (χ1v) is 5.44. The molecule has 0 saturated heterocycles. The number of nitrogens with two attached hydrogens (primary N) is 2. The van der Waals surface area contributed by atoms with Gasteiger partial charge in [-0.3, -0.25) is 10.2 Å². The Kier molecular flexibility index (Phi) is 3.37. The summed E-state index contributed by atoms with van der Waals surface area (Å²) in [6.45, 7) is 0. The molecule has 0 unspecified atom stereocenters. The van der Waals surface area contributed by atoms with E-state index in [0.717, 1.165) is 10.9 Å². The van der Waals surface area contributed by atoms with Gasteiger partial charge in [0, 0.05) is 0 Å². The average Bonchev–Trinajstić information content (AvgIpc) is 2.37. The summed E-state index contributed by atoms with van der Waals surface area (Å²) < 4.78 is 0. The van der Waals surface area contributed by atoms with E-state index >= 15 is 0 Å². The molecule has 0 saturated carbocycles. The fraction of sp³-hybridized carbons (Fsp3) is 0.154. The first-order valence-electron chi connectivity index (χ1n) is 5.44. The van der Waals surface area contributed by atoms with Gasteiger partial charge in [-0.25, -0.2) is 5.84 Å². The maximum atomic E-state index is 11.2. The Morgan fingerprint density at radius 2 is 1.88 bits per heavy atom. The van der Waals surface area contributed by atoms with Crippen molar-refractivity contribution in [3.05, 3.63) is 48.0 Å². The smallest absolute Gasteiger partial charge is 0.251 e. The van der Waals surface area contributed by atoms with Crippen molar-refractivity contribution < 1.29 is 4.79 Å². The average molecular weight is 229 g/mol. The van der Waals surface area contributed by atoms with Crippen LogP contribution in [-0.4, -0.2) is 11.9 Å². The third kappa shape index (κ3) is 2.61. The van der Waals surface area contributed by atoms with Crippen LogP contribution in [0, 0.1) is 0 Å². The van der Waals surface area contributed by atoms with Crippen molar-refractivity contribution in [2.45, 2.75) is 12.5 Å². The summed E-state index contributed by atoms with van der Waals surface area (Å²) in [5.74, 6) is 4.69. The number of carbonyl (C=O) groups is 1. The molecule has 17 heavy (non-hydrogen) atoms. The number of hydrogen-bond acceptors (Lipinski definition) is 3. The summed E-state index contributed by atoms with van der Waals surface area (Å²) in [6, 6.07) is 13.5. The first-order chi connectivity index (χ1) is 8.20. The van der Waals surface area contributed by atoms with Crippen molar-refractivity contribution in [3.63, 3.8) is 0 Å². The van der Waals surface area contributed by atoms with Gasteiger partial charge in [-0.15, -0.1) is 0 Å². The third-order valence-electron chi connectivity index (χ3n) is 2.75. The summed E-state index contributed by atoms with van der Waals surface area (Å²) >= 11 is 0. The van der Waals surface area contributed by atoms with Crippen LogP contribution in [0.4, 0.5) is 0 Å². The number of hydrogen-bond donors (Lipinski definition) is 3. The monoisotopic (exact) mass is 229 g/mol. The molecule has 88 valence electrons. The number of carbonyl (C=O) groups excluding carboxylic acids is 1. The second-order valence-corrected chi connectivity index (χ2v) is 4.00. The SMILES string of the molecule is NNC(=O)[C@@H](N)Cc1ccc2ccccc2c1. The fourth-order valence-corrected chi connectivity index (χ4v) is 1.82. The number of rotatable bonds is 3. The zero-order chi connectivity index (χ0) is 12.3. The molecule has 4 nitrogen and oxygen atoms in total. The maximum Gasteiger partial charge on any atom is 0.251 e. The highest BCUT2D eigenvalue weighted by molar-refractivity contribution is 5.84. The van der Waals surface area contributed by atoms with Crippen LogP contribution < -0.4 is 17.0 Å². The van der Waals surface area contributed by atoms with E-state index in [9.17, 15) is 4.79 Å².